The van der Waals surface area contributed by atoms with Crippen molar-refractivity contribution in [3.05, 3.63) is 48.0 Å². The van der Waals surface area contributed by atoms with Crippen LogP contribution in [0, 0.1) is 0 Å². The number of methoxy groups -OCH3 is 1. The number of para-hydroxylation sites is 1. The van der Waals surface area contributed by atoms with Crippen LogP contribution in [-0.4, -0.2) is 50.9 Å². The Labute approximate surface area is 198 Å². The molecule has 1 amide bonds. The van der Waals surface area contributed by atoms with Gasteiger partial charge in [-0.1, -0.05) is 29.5 Å². The highest BCUT2D eigenvalue weighted by Gasteiger charge is 2.27. The van der Waals surface area contributed by atoms with E-state index < -0.39 is 15.1 Å². The summed E-state index contributed by atoms with van der Waals surface area (Å²) in [6.45, 7) is 4.44. The minimum Gasteiger partial charge on any atom is -0.494 e. The number of benzene rings is 2. The molecule has 1 atom stereocenters. The number of hydrogen-bond donors (Lipinski definition) is 0. The molecule has 0 radical (unpaired) electrons. The first kappa shape index (κ1) is 23.7. The third-order valence-electron chi connectivity index (χ3n) is 5.76. The van der Waals surface area contributed by atoms with Gasteiger partial charge >= 0.3 is 0 Å². The van der Waals surface area contributed by atoms with E-state index in [2.05, 4.69) is 0 Å². The molecule has 0 aliphatic carbocycles. The van der Waals surface area contributed by atoms with Gasteiger partial charge in [0.15, 0.2) is 15.0 Å². The predicted molar refractivity (Wildman–Crippen MR) is 130 cm³/mol. The van der Waals surface area contributed by atoms with Crippen LogP contribution in [0.5, 0.6) is 5.75 Å². The number of carbonyl (C=O) groups excluding carboxylic acids is 1. The van der Waals surface area contributed by atoms with E-state index in [0.717, 1.165) is 28.6 Å². The second-order valence-electron chi connectivity index (χ2n) is 8.36. The number of anilines is 1. The average molecular weight is 489 g/mol. The van der Waals surface area contributed by atoms with Crippen molar-refractivity contribution in [1.82, 2.24) is 4.98 Å². The van der Waals surface area contributed by atoms with E-state index in [1.807, 2.05) is 18.2 Å². The molecule has 1 saturated heterocycles. The van der Waals surface area contributed by atoms with E-state index in [1.54, 1.807) is 50.1 Å². The second kappa shape index (κ2) is 9.79. The van der Waals surface area contributed by atoms with E-state index in [-0.39, 0.29) is 23.3 Å². The van der Waals surface area contributed by atoms with Crippen molar-refractivity contribution in [2.24, 2.45) is 0 Å². The van der Waals surface area contributed by atoms with Crippen LogP contribution in [0.25, 0.3) is 10.2 Å². The largest absolute Gasteiger partial charge is 0.494 e. The molecule has 0 spiro atoms. The lowest BCUT2D eigenvalue weighted by Crippen LogP contribution is -2.38. The zero-order valence-corrected chi connectivity index (χ0v) is 20.6. The number of amides is 1. The van der Waals surface area contributed by atoms with E-state index in [1.165, 1.54) is 11.3 Å². The minimum absolute atomic E-state index is 0.0265. The Balaban J connectivity index is 1.60. The Morgan fingerprint density at radius 3 is 2.64 bits per heavy atom. The average Bonchev–Trinajstić information content (AvgIpc) is 3.47. The van der Waals surface area contributed by atoms with Crippen LogP contribution in [-0.2, 0) is 25.8 Å². The van der Waals surface area contributed by atoms with Gasteiger partial charge in [0.05, 0.1) is 41.0 Å². The maximum absolute atomic E-state index is 13.4. The van der Waals surface area contributed by atoms with Crippen LogP contribution in [0.15, 0.2) is 47.4 Å². The topological polar surface area (TPSA) is 85.8 Å². The summed E-state index contributed by atoms with van der Waals surface area (Å²) >= 11 is 1.45. The number of nitrogens with zero attached hydrogens (tertiary/aromatic N) is 2. The lowest BCUT2D eigenvalue weighted by atomic mass is 10.1. The number of sulfone groups is 1. The van der Waals surface area contributed by atoms with Crippen molar-refractivity contribution in [1.29, 1.82) is 0 Å². The Hall–Kier alpha value is -2.49. The lowest BCUT2D eigenvalue weighted by molar-refractivity contribution is -0.118. The number of ether oxygens (including phenoxy) is 2. The quantitative estimate of drug-likeness (QED) is 0.471. The molecule has 7 nitrogen and oxygen atoms in total. The summed E-state index contributed by atoms with van der Waals surface area (Å²) in [5, 5.41) is 0.108. The van der Waals surface area contributed by atoms with E-state index in [4.69, 9.17) is 14.5 Å². The minimum atomic E-state index is -3.35. The molecular weight excluding hydrogens is 460 g/mol. The number of aromatic nitrogens is 1. The standard InChI is InChI=1S/C24H28N2O5S2/c1-16(2)33(28,29)19-11-9-17(10-12-19)14-22(27)26(15-18-6-5-13-31-18)24-25-23-20(30-3)7-4-8-21(23)32-24/h4,7-12,16,18H,5-6,13-15H2,1-3H3. The normalized spacial score (nSPS) is 16.4. The van der Waals surface area contributed by atoms with E-state index >= 15 is 0 Å². The van der Waals surface area contributed by atoms with Crippen molar-refractivity contribution in [3.63, 3.8) is 0 Å². The van der Waals surface area contributed by atoms with Crippen molar-refractivity contribution in [3.8, 4) is 5.75 Å². The predicted octanol–water partition coefficient (Wildman–Crippen LogP) is 4.24. The second-order valence-corrected chi connectivity index (χ2v) is 11.9. The molecule has 2 aromatic carbocycles. The molecule has 1 fully saturated rings. The third kappa shape index (κ3) is 5.05. The van der Waals surface area contributed by atoms with E-state index in [0.29, 0.717) is 24.0 Å². The summed E-state index contributed by atoms with van der Waals surface area (Å²) in [4.78, 5) is 20.1. The summed E-state index contributed by atoms with van der Waals surface area (Å²) in [6.07, 6.45) is 2.00. The molecule has 0 N–H and O–H groups in total. The van der Waals surface area contributed by atoms with Gasteiger partial charge in [-0.05, 0) is 56.5 Å². The first-order valence-corrected chi connectivity index (χ1v) is 13.3. The molecular formula is C24H28N2O5S2. The van der Waals surface area contributed by atoms with Crippen molar-refractivity contribution in [2.45, 2.75) is 49.4 Å². The zero-order chi connectivity index (χ0) is 23.6. The van der Waals surface area contributed by atoms with Gasteiger partial charge in [0.25, 0.3) is 0 Å². The van der Waals surface area contributed by atoms with Gasteiger partial charge in [-0.2, -0.15) is 0 Å². The smallest absolute Gasteiger partial charge is 0.233 e. The lowest BCUT2D eigenvalue weighted by Gasteiger charge is -2.23. The van der Waals surface area contributed by atoms with Crippen molar-refractivity contribution >= 4 is 42.4 Å². The fraction of sp³-hybridized carbons (Fsp3) is 0.417. The molecule has 0 saturated carbocycles. The monoisotopic (exact) mass is 488 g/mol. The summed E-state index contributed by atoms with van der Waals surface area (Å²) in [5.41, 5.74) is 1.48. The molecule has 1 aliphatic heterocycles. The summed E-state index contributed by atoms with van der Waals surface area (Å²) in [5.74, 6) is 0.560. The SMILES string of the molecule is COc1cccc2sc(N(CC3CCCO3)C(=O)Cc3ccc(S(=O)(=O)C(C)C)cc3)nc12. The number of rotatable bonds is 8. The van der Waals surface area contributed by atoms with Gasteiger partial charge in [-0.15, -0.1) is 0 Å². The summed E-state index contributed by atoms with van der Waals surface area (Å²) in [6, 6.07) is 12.3. The Kier molecular flexibility index (Phi) is 7.02. The molecule has 2 heterocycles. The number of carbonyl (C=O) groups is 1. The summed E-state index contributed by atoms with van der Waals surface area (Å²) in [7, 11) is -1.75. The van der Waals surface area contributed by atoms with Gasteiger partial charge in [0.2, 0.25) is 5.91 Å². The maximum atomic E-state index is 13.4. The fourth-order valence-electron chi connectivity index (χ4n) is 3.81. The first-order chi connectivity index (χ1) is 15.8. The summed E-state index contributed by atoms with van der Waals surface area (Å²) < 4.78 is 36.9. The third-order valence-corrected chi connectivity index (χ3v) is 8.97. The Morgan fingerprint density at radius 1 is 1.24 bits per heavy atom. The maximum Gasteiger partial charge on any atom is 0.233 e. The molecule has 0 bridgehead atoms. The number of fused-ring (bicyclic) bond motifs is 1. The highest BCUT2D eigenvalue weighted by Crippen LogP contribution is 2.35. The Morgan fingerprint density at radius 2 is 2.00 bits per heavy atom. The van der Waals surface area contributed by atoms with Crippen LogP contribution in [0.1, 0.15) is 32.3 Å². The van der Waals surface area contributed by atoms with Gasteiger partial charge in [0.1, 0.15) is 11.3 Å². The fourth-order valence-corrected chi connectivity index (χ4v) is 5.88. The van der Waals surface area contributed by atoms with Crippen LogP contribution < -0.4 is 9.64 Å². The molecule has 9 heteroatoms. The molecule has 4 rings (SSSR count). The zero-order valence-electron chi connectivity index (χ0n) is 19.0. The van der Waals surface area contributed by atoms with Crippen molar-refractivity contribution < 1.29 is 22.7 Å². The van der Waals surface area contributed by atoms with Crippen LogP contribution in [0.3, 0.4) is 0 Å². The Bertz CT molecular complexity index is 1230. The van der Waals surface area contributed by atoms with Crippen LogP contribution in [0.4, 0.5) is 5.13 Å². The van der Waals surface area contributed by atoms with Crippen LogP contribution >= 0.6 is 11.3 Å². The van der Waals surface area contributed by atoms with Gasteiger partial charge < -0.3 is 9.47 Å². The van der Waals surface area contributed by atoms with Crippen LogP contribution in [0.2, 0.25) is 0 Å². The van der Waals surface area contributed by atoms with Gasteiger partial charge in [-0.25, -0.2) is 13.4 Å². The molecule has 1 aromatic heterocycles. The van der Waals surface area contributed by atoms with Gasteiger partial charge in [-0.3, -0.25) is 9.69 Å². The molecule has 1 unspecified atom stereocenters. The first-order valence-electron chi connectivity index (χ1n) is 11.0. The molecule has 33 heavy (non-hydrogen) atoms. The van der Waals surface area contributed by atoms with E-state index in [9.17, 15) is 13.2 Å². The highest BCUT2D eigenvalue weighted by atomic mass is 32.2. The molecule has 1 aliphatic rings. The molecule has 176 valence electrons. The molecule has 3 aromatic rings. The number of hydrogen-bond acceptors (Lipinski definition) is 7. The highest BCUT2D eigenvalue weighted by molar-refractivity contribution is 7.92. The van der Waals surface area contributed by atoms with Gasteiger partial charge in [0, 0.05) is 6.61 Å². The number of thiazole rings is 1. The van der Waals surface area contributed by atoms with Crippen molar-refractivity contribution in [2.75, 3.05) is 25.2 Å².